The molecular weight excluding hydrogens is 300 g/mol. The Hall–Kier alpha value is -1.56. The standard InChI is InChI=1S/C12H15BrN2O3/c1-2-5-14-11(17)7-15-12(18)9-4-3-8(13)6-10(9)16/h3-4,6,16H,2,5,7H2,1H3,(H,14,17)(H,15,18). The first-order chi connectivity index (χ1) is 8.54. The third-order valence-corrected chi connectivity index (χ3v) is 2.68. The number of carbonyl (C=O) groups is 2. The van der Waals surface area contributed by atoms with Gasteiger partial charge in [0.05, 0.1) is 12.1 Å². The first kappa shape index (κ1) is 14.5. The largest absolute Gasteiger partial charge is 0.507 e. The monoisotopic (exact) mass is 314 g/mol. The smallest absolute Gasteiger partial charge is 0.255 e. The molecule has 0 heterocycles. The highest BCUT2D eigenvalue weighted by Gasteiger charge is 2.12. The maximum Gasteiger partial charge on any atom is 0.255 e. The Balaban J connectivity index is 2.53. The molecule has 0 aliphatic rings. The molecule has 5 nitrogen and oxygen atoms in total. The van der Waals surface area contributed by atoms with Gasteiger partial charge in [-0.15, -0.1) is 0 Å². The van der Waals surface area contributed by atoms with E-state index in [1.165, 1.54) is 12.1 Å². The lowest BCUT2D eigenvalue weighted by Crippen LogP contribution is -2.37. The second kappa shape index (κ2) is 7.00. The van der Waals surface area contributed by atoms with Gasteiger partial charge in [0.1, 0.15) is 5.75 Å². The van der Waals surface area contributed by atoms with Gasteiger partial charge in [0.25, 0.3) is 5.91 Å². The zero-order valence-corrected chi connectivity index (χ0v) is 11.6. The number of nitrogens with one attached hydrogen (secondary N) is 2. The van der Waals surface area contributed by atoms with Crippen LogP contribution >= 0.6 is 15.9 Å². The van der Waals surface area contributed by atoms with E-state index >= 15 is 0 Å². The van der Waals surface area contributed by atoms with E-state index < -0.39 is 5.91 Å². The molecule has 0 saturated carbocycles. The number of carbonyl (C=O) groups excluding carboxylic acids is 2. The minimum Gasteiger partial charge on any atom is -0.507 e. The summed E-state index contributed by atoms with van der Waals surface area (Å²) in [5.74, 6) is -0.857. The molecule has 3 N–H and O–H groups in total. The van der Waals surface area contributed by atoms with E-state index in [-0.39, 0.29) is 23.8 Å². The van der Waals surface area contributed by atoms with Crippen molar-refractivity contribution >= 4 is 27.7 Å². The van der Waals surface area contributed by atoms with Crippen molar-refractivity contribution in [3.05, 3.63) is 28.2 Å². The molecule has 98 valence electrons. The lowest BCUT2D eigenvalue weighted by Gasteiger charge is -2.07. The van der Waals surface area contributed by atoms with Crippen molar-refractivity contribution in [2.24, 2.45) is 0 Å². The van der Waals surface area contributed by atoms with Crippen LogP contribution < -0.4 is 10.6 Å². The summed E-state index contributed by atoms with van der Waals surface area (Å²) in [6, 6.07) is 4.55. The molecule has 0 bridgehead atoms. The van der Waals surface area contributed by atoms with Crippen LogP contribution in [0, 0.1) is 0 Å². The predicted molar refractivity (Wildman–Crippen MR) is 71.4 cm³/mol. The van der Waals surface area contributed by atoms with Gasteiger partial charge in [-0.3, -0.25) is 9.59 Å². The Morgan fingerprint density at radius 3 is 2.67 bits per heavy atom. The van der Waals surface area contributed by atoms with Crippen molar-refractivity contribution in [2.45, 2.75) is 13.3 Å². The van der Waals surface area contributed by atoms with Crippen molar-refractivity contribution in [1.82, 2.24) is 10.6 Å². The Morgan fingerprint density at radius 2 is 2.06 bits per heavy atom. The molecule has 0 aliphatic heterocycles. The maximum absolute atomic E-state index is 11.7. The van der Waals surface area contributed by atoms with Crippen molar-refractivity contribution in [1.29, 1.82) is 0 Å². The highest BCUT2D eigenvalue weighted by atomic mass is 79.9. The zero-order valence-electron chi connectivity index (χ0n) is 10.00. The normalized spacial score (nSPS) is 9.89. The molecule has 1 aromatic rings. The Labute approximate surface area is 114 Å². The molecule has 0 aromatic heterocycles. The first-order valence-corrected chi connectivity index (χ1v) is 6.37. The average molecular weight is 315 g/mol. The van der Waals surface area contributed by atoms with E-state index in [9.17, 15) is 14.7 Å². The van der Waals surface area contributed by atoms with Crippen LogP contribution in [0.25, 0.3) is 0 Å². The molecule has 1 aromatic carbocycles. The third kappa shape index (κ3) is 4.37. The summed E-state index contributed by atoms with van der Waals surface area (Å²) in [6.07, 6.45) is 0.840. The van der Waals surface area contributed by atoms with Gasteiger partial charge >= 0.3 is 0 Å². The maximum atomic E-state index is 11.7. The molecule has 0 saturated heterocycles. The molecule has 0 radical (unpaired) electrons. The molecule has 1 rings (SSSR count). The van der Waals surface area contributed by atoms with E-state index in [1.54, 1.807) is 6.07 Å². The van der Waals surface area contributed by atoms with E-state index in [0.29, 0.717) is 11.0 Å². The molecule has 0 fully saturated rings. The molecule has 0 spiro atoms. The average Bonchev–Trinajstić information content (AvgIpc) is 2.33. The summed E-state index contributed by atoms with van der Waals surface area (Å²) in [4.78, 5) is 23.0. The fraction of sp³-hybridized carbons (Fsp3) is 0.333. The minimum atomic E-state index is -0.480. The van der Waals surface area contributed by atoms with Gasteiger partial charge < -0.3 is 15.7 Å². The molecular formula is C12H15BrN2O3. The van der Waals surface area contributed by atoms with Crippen LogP contribution in [0.1, 0.15) is 23.7 Å². The molecule has 0 atom stereocenters. The second-order valence-corrected chi connectivity index (χ2v) is 4.61. The number of halogens is 1. The van der Waals surface area contributed by atoms with E-state index in [4.69, 9.17) is 0 Å². The van der Waals surface area contributed by atoms with Gasteiger partial charge in [-0.25, -0.2) is 0 Å². The summed E-state index contributed by atoms with van der Waals surface area (Å²) in [7, 11) is 0. The summed E-state index contributed by atoms with van der Waals surface area (Å²) in [6.45, 7) is 2.42. The van der Waals surface area contributed by atoms with E-state index in [2.05, 4.69) is 26.6 Å². The van der Waals surface area contributed by atoms with E-state index in [1.807, 2.05) is 6.92 Å². The summed E-state index contributed by atoms with van der Waals surface area (Å²) >= 11 is 3.18. The Kier molecular flexibility index (Phi) is 5.64. The minimum absolute atomic E-state index is 0.103. The molecule has 0 aliphatic carbocycles. The van der Waals surface area contributed by atoms with Crippen LogP contribution in [0.2, 0.25) is 0 Å². The number of phenolic OH excluding ortho intramolecular Hbond substituents is 1. The van der Waals surface area contributed by atoms with Crippen LogP contribution in [0.15, 0.2) is 22.7 Å². The van der Waals surface area contributed by atoms with Gasteiger partial charge in [0, 0.05) is 11.0 Å². The Morgan fingerprint density at radius 1 is 1.33 bits per heavy atom. The number of rotatable bonds is 5. The second-order valence-electron chi connectivity index (χ2n) is 3.69. The Bertz CT molecular complexity index is 449. The molecule has 0 unspecified atom stereocenters. The fourth-order valence-electron chi connectivity index (χ4n) is 1.28. The van der Waals surface area contributed by atoms with Crippen LogP contribution in [0.4, 0.5) is 0 Å². The number of amides is 2. The third-order valence-electron chi connectivity index (χ3n) is 2.19. The number of benzene rings is 1. The van der Waals surface area contributed by atoms with Gasteiger partial charge in [-0.2, -0.15) is 0 Å². The number of aromatic hydroxyl groups is 1. The predicted octanol–water partition coefficient (Wildman–Crippen LogP) is 1.41. The van der Waals surface area contributed by atoms with Crippen molar-refractivity contribution in [3.63, 3.8) is 0 Å². The number of hydrogen-bond donors (Lipinski definition) is 3. The summed E-state index contributed by atoms with van der Waals surface area (Å²) < 4.78 is 0.678. The molecule has 2 amide bonds. The van der Waals surface area contributed by atoms with Gasteiger partial charge in [0.15, 0.2) is 0 Å². The summed E-state index contributed by atoms with van der Waals surface area (Å²) in [5.41, 5.74) is 0.140. The van der Waals surface area contributed by atoms with Gasteiger partial charge in [-0.1, -0.05) is 22.9 Å². The lowest BCUT2D eigenvalue weighted by atomic mass is 10.2. The highest BCUT2D eigenvalue weighted by molar-refractivity contribution is 9.10. The van der Waals surface area contributed by atoms with E-state index in [0.717, 1.165) is 6.42 Å². The SMILES string of the molecule is CCCNC(=O)CNC(=O)c1ccc(Br)cc1O. The lowest BCUT2D eigenvalue weighted by molar-refractivity contribution is -0.120. The van der Waals surface area contributed by atoms with Gasteiger partial charge in [0.2, 0.25) is 5.91 Å². The van der Waals surface area contributed by atoms with Gasteiger partial charge in [-0.05, 0) is 24.6 Å². The summed E-state index contributed by atoms with van der Waals surface area (Å²) in [5, 5.41) is 14.7. The first-order valence-electron chi connectivity index (χ1n) is 5.58. The van der Waals surface area contributed by atoms with Crippen molar-refractivity contribution in [3.8, 4) is 5.75 Å². The van der Waals surface area contributed by atoms with Crippen molar-refractivity contribution in [2.75, 3.05) is 13.1 Å². The molecule has 6 heteroatoms. The fourth-order valence-corrected chi connectivity index (χ4v) is 1.63. The number of phenols is 1. The van der Waals surface area contributed by atoms with Crippen LogP contribution in [-0.4, -0.2) is 30.0 Å². The van der Waals surface area contributed by atoms with Crippen LogP contribution in [-0.2, 0) is 4.79 Å². The van der Waals surface area contributed by atoms with Crippen LogP contribution in [0.3, 0.4) is 0 Å². The van der Waals surface area contributed by atoms with Crippen molar-refractivity contribution < 1.29 is 14.7 Å². The highest BCUT2D eigenvalue weighted by Crippen LogP contribution is 2.21. The quantitative estimate of drug-likeness (QED) is 0.769. The topological polar surface area (TPSA) is 78.4 Å². The molecule has 18 heavy (non-hydrogen) atoms. The van der Waals surface area contributed by atoms with Crippen LogP contribution in [0.5, 0.6) is 5.75 Å². The number of hydrogen-bond acceptors (Lipinski definition) is 3. The zero-order chi connectivity index (χ0) is 13.5.